The molecule has 1 aliphatic heterocycles. The maximum atomic E-state index is 11.9. The van der Waals surface area contributed by atoms with E-state index >= 15 is 0 Å². The zero-order valence-corrected chi connectivity index (χ0v) is 11.1. The van der Waals surface area contributed by atoms with Crippen molar-refractivity contribution >= 4 is 5.69 Å². The van der Waals surface area contributed by atoms with Crippen molar-refractivity contribution in [2.75, 3.05) is 31.6 Å². The lowest BCUT2D eigenvalue weighted by atomic mass is 10.3. The molecule has 100 valence electrons. The summed E-state index contributed by atoms with van der Waals surface area (Å²) >= 11 is 0. The van der Waals surface area contributed by atoms with Crippen molar-refractivity contribution in [3.63, 3.8) is 0 Å². The van der Waals surface area contributed by atoms with E-state index in [0.29, 0.717) is 6.54 Å². The summed E-state index contributed by atoms with van der Waals surface area (Å²) in [5.74, 6) is 0. The van der Waals surface area contributed by atoms with Gasteiger partial charge in [-0.05, 0) is 39.3 Å². The van der Waals surface area contributed by atoms with Crippen LogP contribution in [0.15, 0.2) is 17.1 Å². The first-order valence-electron chi connectivity index (χ1n) is 6.78. The molecule has 0 atom stereocenters. The fraction of sp³-hybridized carbons (Fsp3) is 0.692. The summed E-state index contributed by atoms with van der Waals surface area (Å²) in [6.07, 6.45) is 6.31. The lowest BCUT2D eigenvalue weighted by molar-refractivity contribution is 0.524. The molecule has 0 bridgehead atoms. The van der Waals surface area contributed by atoms with Crippen LogP contribution >= 0.6 is 0 Å². The van der Waals surface area contributed by atoms with Crippen LogP contribution in [0.2, 0.25) is 0 Å². The van der Waals surface area contributed by atoms with Gasteiger partial charge in [-0.25, -0.2) is 4.68 Å². The lowest BCUT2D eigenvalue weighted by Gasteiger charge is -2.17. The van der Waals surface area contributed by atoms with Crippen LogP contribution in [0.5, 0.6) is 0 Å². The van der Waals surface area contributed by atoms with Gasteiger partial charge in [-0.3, -0.25) is 4.79 Å². The molecular weight excluding hydrogens is 228 g/mol. The fourth-order valence-corrected chi connectivity index (χ4v) is 2.30. The zero-order valence-electron chi connectivity index (χ0n) is 11.1. The predicted octanol–water partition coefficient (Wildman–Crippen LogP) is 0.843. The molecule has 0 unspecified atom stereocenters. The van der Waals surface area contributed by atoms with Crippen LogP contribution in [0.3, 0.4) is 0 Å². The van der Waals surface area contributed by atoms with Gasteiger partial charge in [0.15, 0.2) is 0 Å². The zero-order chi connectivity index (χ0) is 12.8. The highest BCUT2D eigenvalue weighted by Crippen LogP contribution is 2.16. The second-order valence-corrected chi connectivity index (χ2v) is 4.78. The molecule has 0 amide bonds. The SMILES string of the molecule is CNCCCCn1ncc(N2CCCC2)cc1=O. The highest BCUT2D eigenvalue weighted by atomic mass is 16.1. The second-order valence-electron chi connectivity index (χ2n) is 4.78. The molecule has 0 spiro atoms. The first-order valence-corrected chi connectivity index (χ1v) is 6.78. The van der Waals surface area contributed by atoms with Crippen molar-refractivity contribution < 1.29 is 0 Å². The molecule has 0 radical (unpaired) electrons. The number of nitrogens with zero attached hydrogens (tertiary/aromatic N) is 3. The van der Waals surface area contributed by atoms with Crippen LogP contribution in [0.25, 0.3) is 0 Å². The number of unbranched alkanes of at least 4 members (excludes halogenated alkanes) is 1. The summed E-state index contributed by atoms with van der Waals surface area (Å²) in [7, 11) is 1.94. The maximum absolute atomic E-state index is 11.9. The molecule has 0 saturated carbocycles. The average molecular weight is 250 g/mol. The van der Waals surface area contributed by atoms with E-state index in [1.54, 1.807) is 10.7 Å². The van der Waals surface area contributed by atoms with Crippen LogP contribution in [-0.4, -0.2) is 36.5 Å². The van der Waals surface area contributed by atoms with E-state index in [1.807, 2.05) is 13.2 Å². The molecule has 2 heterocycles. The number of hydrogen-bond acceptors (Lipinski definition) is 4. The molecule has 2 rings (SSSR count). The molecule has 1 N–H and O–H groups in total. The minimum atomic E-state index is 0.0175. The summed E-state index contributed by atoms with van der Waals surface area (Å²) in [6.45, 7) is 3.79. The molecule has 1 fully saturated rings. The second kappa shape index (κ2) is 6.54. The van der Waals surface area contributed by atoms with Gasteiger partial charge in [0.1, 0.15) is 0 Å². The molecule has 1 aromatic heterocycles. The molecule has 5 heteroatoms. The van der Waals surface area contributed by atoms with Gasteiger partial charge in [0, 0.05) is 25.7 Å². The van der Waals surface area contributed by atoms with E-state index in [-0.39, 0.29) is 5.56 Å². The highest BCUT2D eigenvalue weighted by Gasteiger charge is 2.13. The molecule has 0 aliphatic carbocycles. The van der Waals surface area contributed by atoms with Crippen molar-refractivity contribution in [3.05, 3.63) is 22.6 Å². The lowest BCUT2D eigenvalue weighted by Crippen LogP contribution is -2.26. The molecule has 0 aromatic carbocycles. The van der Waals surface area contributed by atoms with E-state index in [0.717, 1.165) is 38.2 Å². The number of nitrogens with one attached hydrogen (secondary N) is 1. The van der Waals surface area contributed by atoms with Crippen molar-refractivity contribution in [2.45, 2.75) is 32.2 Å². The number of aryl methyl sites for hydroxylation is 1. The monoisotopic (exact) mass is 250 g/mol. The first-order chi connectivity index (χ1) is 8.81. The Kier molecular flexibility index (Phi) is 4.75. The smallest absolute Gasteiger partial charge is 0.268 e. The standard InChI is InChI=1S/C13H22N4O/c1-14-6-2-3-9-17-13(18)10-12(11-15-17)16-7-4-5-8-16/h10-11,14H,2-9H2,1H3. The third kappa shape index (κ3) is 3.32. The molecule has 5 nitrogen and oxygen atoms in total. The van der Waals surface area contributed by atoms with Crippen LogP contribution in [0, 0.1) is 0 Å². The Bertz CT molecular complexity index is 423. The van der Waals surface area contributed by atoms with E-state index in [4.69, 9.17) is 0 Å². The minimum absolute atomic E-state index is 0.0175. The molecule has 1 aromatic rings. The van der Waals surface area contributed by atoms with E-state index in [2.05, 4.69) is 15.3 Å². The quantitative estimate of drug-likeness (QED) is 0.760. The molecule has 1 aliphatic rings. The number of rotatable bonds is 6. The fourth-order valence-electron chi connectivity index (χ4n) is 2.30. The Balaban J connectivity index is 1.94. The predicted molar refractivity (Wildman–Crippen MR) is 73.1 cm³/mol. The number of hydrogen-bond donors (Lipinski definition) is 1. The first kappa shape index (κ1) is 13.1. The summed E-state index contributed by atoms with van der Waals surface area (Å²) in [6, 6.07) is 1.72. The number of anilines is 1. The van der Waals surface area contributed by atoms with Crippen LogP contribution in [0.4, 0.5) is 5.69 Å². The van der Waals surface area contributed by atoms with E-state index in [9.17, 15) is 4.79 Å². The number of aromatic nitrogens is 2. The summed E-state index contributed by atoms with van der Waals surface area (Å²) in [4.78, 5) is 14.2. The van der Waals surface area contributed by atoms with Crippen LogP contribution in [-0.2, 0) is 6.54 Å². The molecule has 1 saturated heterocycles. The molecular formula is C13H22N4O. The Morgan fingerprint density at radius 1 is 1.33 bits per heavy atom. The third-order valence-corrected chi connectivity index (χ3v) is 3.37. The van der Waals surface area contributed by atoms with Gasteiger partial charge >= 0.3 is 0 Å². The third-order valence-electron chi connectivity index (χ3n) is 3.37. The van der Waals surface area contributed by atoms with Gasteiger partial charge in [-0.1, -0.05) is 0 Å². The summed E-state index contributed by atoms with van der Waals surface area (Å²) in [5, 5.41) is 7.36. The Labute approximate surface area is 108 Å². The van der Waals surface area contributed by atoms with Gasteiger partial charge in [0.25, 0.3) is 5.56 Å². The van der Waals surface area contributed by atoms with E-state index in [1.165, 1.54) is 12.8 Å². The Morgan fingerprint density at radius 2 is 2.11 bits per heavy atom. The van der Waals surface area contributed by atoms with Crippen LogP contribution < -0.4 is 15.8 Å². The van der Waals surface area contributed by atoms with Crippen LogP contribution in [0.1, 0.15) is 25.7 Å². The van der Waals surface area contributed by atoms with Gasteiger partial charge in [0.05, 0.1) is 11.9 Å². The Morgan fingerprint density at radius 3 is 2.78 bits per heavy atom. The Hall–Kier alpha value is -1.36. The average Bonchev–Trinajstić information content (AvgIpc) is 2.90. The van der Waals surface area contributed by atoms with Crippen molar-refractivity contribution in [3.8, 4) is 0 Å². The summed E-state index contributed by atoms with van der Waals surface area (Å²) in [5.41, 5.74) is 0.993. The van der Waals surface area contributed by atoms with Gasteiger partial charge in [-0.15, -0.1) is 0 Å². The minimum Gasteiger partial charge on any atom is -0.370 e. The molecule has 18 heavy (non-hydrogen) atoms. The largest absolute Gasteiger partial charge is 0.370 e. The van der Waals surface area contributed by atoms with Crippen molar-refractivity contribution in [1.82, 2.24) is 15.1 Å². The van der Waals surface area contributed by atoms with Crippen molar-refractivity contribution in [2.24, 2.45) is 0 Å². The van der Waals surface area contributed by atoms with Gasteiger partial charge in [-0.2, -0.15) is 5.10 Å². The summed E-state index contributed by atoms with van der Waals surface area (Å²) < 4.78 is 1.56. The normalized spacial score (nSPS) is 15.3. The maximum Gasteiger partial charge on any atom is 0.268 e. The van der Waals surface area contributed by atoms with E-state index < -0.39 is 0 Å². The highest BCUT2D eigenvalue weighted by molar-refractivity contribution is 5.43. The topological polar surface area (TPSA) is 50.2 Å². The van der Waals surface area contributed by atoms with Gasteiger partial charge in [0.2, 0.25) is 0 Å². The van der Waals surface area contributed by atoms with Gasteiger partial charge < -0.3 is 10.2 Å². The van der Waals surface area contributed by atoms with Crippen molar-refractivity contribution in [1.29, 1.82) is 0 Å².